The predicted molar refractivity (Wildman–Crippen MR) is 60.5 cm³/mol. The van der Waals surface area contributed by atoms with Crippen LogP contribution in [0.25, 0.3) is 0 Å². The van der Waals surface area contributed by atoms with Crippen molar-refractivity contribution in [3.8, 4) is 0 Å². The maximum atomic E-state index is 10.6. The lowest BCUT2D eigenvalue weighted by Crippen LogP contribution is -2.22. The van der Waals surface area contributed by atoms with Gasteiger partial charge in [-0.1, -0.05) is 24.3 Å². The monoisotopic (exact) mass is 222 g/mol. The Morgan fingerprint density at radius 2 is 1.88 bits per heavy atom. The van der Waals surface area contributed by atoms with Gasteiger partial charge < -0.3 is 22.3 Å². The molecule has 1 aromatic carbocycles. The maximum Gasteiger partial charge on any atom is 0.325 e. The number of aliphatic imine (C=N–C) groups is 1. The fraction of sp³-hybridized carbons (Fsp3) is 0.200. The first-order valence-corrected chi connectivity index (χ1v) is 4.63. The average Bonchev–Trinajstić information content (AvgIpc) is 2.26. The first-order valence-electron chi connectivity index (χ1n) is 4.63. The van der Waals surface area contributed by atoms with Crippen LogP contribution in [0.2, 0.25) is 0 Å². The molecule has 86 valence electrons. The maximum absolute atomic E-state index is 10.6. The highest BCUT2D eigenvalue weighted by Gasteiger charge is 2.13. The van der Waals surface area contributed by atoms with Crippen LogP contribution in [0.1, 0.15) is 17.2 Å². The predicted octanol–water partition coefficient (Wildman–Crippen LogP) is -0.456. The van der Waals surface area contributed by atoms with Gasteiger partial charge in [-0.15, -0.1) is 0 Å². The van der Waals surface area contributed by atoms with Crippen molar-refractivity contribution in [1.29, 1.82) is 0 Å². The Bertz CT molecular complexity index is 396. The van der Waals surface area contributed by atoms with E-state index in [0.717, 1.165) is 5.56 Å². The van der Waals surface area contributed by atoms with Crippen LogP contribution in [0.3, 0.4) is 0 Å². The van der Waals surface area contributed by atoms with Crippen LogP contribution >= 0.6 is 0 Å². The fourth-order valence-electron chi connectivity index (χ4n) is 1.16. The van der Waals surface area contributed by atoms with Crippen LogP contribution < -0.4 is 17.2 Å². The number of nitrogens with two attached hydrogens (primary N) is 3. The third-order valence-corrected chi connectivity index (χ3v) is 2.05. The standard InChI is InChI=1S/C10H14N4O2/c11-8(9(15)16)7-3-1-6(2-4-7)5-14-10(12)13/h1-4,8H,5,11H2,(H,15,16)(H4,12,13,14)/t8-/m1/s1. The minimum atomic E-state index is -1.06. The molecule has 0 saturated carbocycles. The van der Waals surface area contributed by atoms with Gasteiger partial charge in [-0.2, -0.15) is 0 Å². The highest BCUT2D eigenvalue weighted by molar-refractivity contribution is 5.76. The van der Waals surface area contributed by atoms with Gasteiger partial charge in [0.15, 0.2) is 5.96 Å². The van der Waals surface area contributed by atoms with Crippen LogP contribution in [-0.2, 0) is 11.3 Å². The fourth-order valence-corrected chi connectivity index (χ4v) is 1.16. The second-order valence-electron chi connectivity index (χ2n) is 3.30. The van der Waals surface area contributed by atoms with Crippen molar-refractivity contribution in [3.63, 3.8) is 0 Å². The molecule has 0 bridgehead atoms. The molecule has 0 amide bonds. The zero-order chi connectivity index (χ0) is 12.1. The molecule has 0 radical (unpaired) electrons. The van der Waals surface area contributed by atoms with Gasteiger partial charge in [-0.3, -0.25) is 4.79 Å². The van der Waals surface area contributed by atoms with Gasteiger partial charge in [0, 0.05) is 0 Å². The second-order valence-corrected chi connectivity index (χ2v) is 3.30. The van der Waals surface area contributed by atoms with E-state index < -0.39 is 12.0 Å². The molecule has 0 fully saturated rings. The number of hydrogen-bond acceptors (Lipinski definition) is 3. The Kier molecular flexibility index (Phi) is 3.84. The molecule has 1 rings (SSSR count). The summed E-state index contributed by atoms with van der Waals surface area (Å²) in [5, 5.41) is 8.70. The molecule has 6 nitrogen and oxygen atoms in total. The number of carboxylic acid groups (broad SMARTS) is 1. The number of benzene rings is 1. The van der Waals surface area contributed by atoms with E-state index in [9.17, 15) is 4.79 Å². The number of rotatable bonds is 4. The lowest BCUT2D eigenvalue weighted by Gasteiger charge is -2.06. The van der Waals surface area contributed by atoms with Crippen molar-refractivity contribution in [2.45, 2.75) is 12.6 Å². The van der Waals surface area contributed by atoms with E-state index in [0.29, 0.717) is 12.1 Å². The summed E-state index contributed by atoms with van der Waals surface area (Å²) in [6.07, 6.45) is 0. The third-order valence-electron chi connectivity index (χ3n) is 2.05. The number of nitrogens with zero attached hydrogens (tertiary/aromatic N) is 1. The summed E-state index contributed by atoms with van der Waals surface area (Å²) in [5.74, 6) is -1.04. The smallest absolute Gasteiger partial charge is 0.325 e. The molecule has 16 heavy (non-hydrogen) atoms. The highest BCUT2D eigenvalue weighted by Crippen LogP contribution is 2.12. The van der Waals surface area contributed by atoms with E-state index in [1.54, 1.807) is 24.3 Å². The summed E-state index contributed by atoms with van der Waals surface area (Å²) in [6.45, 7) is 0.366. The topological polar surface area (TPSA) is 128 Å². The SMILES string of the molecule is NC(N)=NCc1ccc([C@@H](N)C(=O)O)cc1. The Morgan fingerprint density at radius 1 is 1.31 bits per heavy atom. The molecule has 0 saturated heterocycles. The third kappa shape index (κ3) is 3.25. The van der Waals surface area contributed by atoms with Crippen molar-refractivity contribution in [3.05, 3.63) is 35.4 Å². The summed E-state index contributed by atoms with van der Waals surface area (Å²) >= 11 is 0. The van der Waals surface area contributed by atoms with Gasteiger partial charge in [0.2, 0.25) is 0 Å². The molecule has 7 N–H and O–H groups in total. The van der Waals surface area contributed by atoms with Crippen molar-refractivity contribution in [1.82, 2.24) is 0 Å². The summed E-state index contributed by atoms with van der Waals surface area (Å²) in [5.41, 5.74) is 17.2. The van der Waals surface area contributed by atoms with Gasteiger partial charge >= 0.3 is 5.97 Å². The van der Waals surface area contributed by atoms with Gasteiger partial charge in [0.25, 0.3) is 0 Å². The van der Waals surface area contributed by atoms with E-state index in [1.807, 2.05) is 0 Å². The zero-order valence-electron chi connectivity index (χ0n) is 8.63. The Balaban J connectivity index is 2.75. The van der Waals surface area contributed by atoms with Gasteiger partial charge in [0.05, 0.1) is 6.54 Å². The molecule has 0 aromatic heterocycles. The molecule has 0 aliphatic rings. The molecular weight excluding hydrogens is 208 g/mol. The quantitative estimate of drug-likeness (QED) is 0.405. The molecule has 0 unspecified atom stereocenters. The molecule has 0 aliphatic heterocycles. The Hall–Kier alpha value is -2.08. The van der Waals surface area contributed by atoms with Crippen molar-refractivity contribution in [2.75, 3.05) is 0 Å². The van der Waals surface area contributed by atoms with E-state index >= 15 is 0 Å². The minimum Gasteiger partial charge on any atom is -0.480 e. The Labute approximate surface area is 92.8 Å². The second kappa shape index (κ2) is 5.13. The van der Waals surface area contributed by atoms with Crippen molar-refractivity contribution in [2.24, 2.45) is 22.2 Å². The number of carbonyl (C=O) groups is 1. The molecule has 0 spiro atoms. The number of aliphatic carboxylic acids is 1. The van der Waals surface area contributed by atoms with Gasteiger partial charge in [0.1, 0.15) is 6.04 Å². The minimum absolute atomic E-state index is 0.0197. The lowest BCUT2D eigenvalue weighted by atomic mass is 10.1. The van der Waals surface area contributed by atoms with E-state index in [4.69, 9.17) is 22.3 Å². The zero-order valence-corrected chi connectivity index (χ0v) is 8.63. The normalized spacial score (nSPS) is 11.8. The highest BCUT2D eigenvalue weighted by atomic mass is 16.4. The summed E-state index contributed by atoms with van der Waals surface area (Å²) < 4.78 is 0. The van der Waals surface area contributed by atoms with Gasteiger partial charge in [-0.05, 0) is 11.1 Å². The van der Waals surface area contributed by atoms with E-state index in [2.05, 4.69) is 4.99 Å². The van der Waals surface area contributed by atoms with Crippen LogP contribution in [-0.4, -0.2) is 17.0 Å². The molecule has 1 aromatic rings. The molecule has 1 atom stereocenters. The first kappa shape index (κ1) is 12.0. The summed E-state index contributed by atoms with van der Waals surface area (Å²) in [6, 6.07) is 5.78. The molecule has 6 heteroatoms. The first-order chi connectivity index (χ1) is 7.50. The van der Waals surface area contributed by atoms with Crippen LogP contribution in [0, 0.1) is 0 Å². The van der Waals surface area contributed by atoms with Crippen LogP contribution in [0.15, 0.2) is 29.3 Å². The van der Waals surface area contributed by atoms with Crippen LogP contribution in [0.4, 0.5) is 0 Å². The number of carboxylic acids is 1. The van der Waals surface area contributed by atoms with E-state index in [-0.39, 0.29) is 5.96 Å². The van der Waals surface area contributed by atoms with Crippen molar-refractivity contribution < 1.29 is 9.90 Å². The van der Waals surface area contributed by atoms with Crippen molar-refractivity contribution >= 4 is 11.9 Å². The lowest BCUT2D eigenvalue weighted by molar-refractivity contribution is -0.138. The van der Waals surface area contributed by atoms with E-state index in [1.165, 1.54) is 0 Å². The average molecular weight is 222 g/mol. The number of guanidine groups is 1. The Morgan fingerprint density at radius 3 is 2.31 bits per heavy atom. The summed E-state index contributed by atoms with van der Waals surface area (Å²) in [4.78, 5) is 14.4. The van der Waals surface area contributed by atoms with Crippen LogP contribution in [0.5, 0.6) is 0 Å². The summed E-state index contributed by atoms with van der Waals surface area (Å²) in [7, 11) is 0. The molecule has 0 heterocycles. The molecular formula is C10H14N4O2. The van der Waals surface area contributed by atoms with Gasteiger partial charge in [-0.25, -0.2) is 4.99 Å². The number of hydrogen-bond donors (Lipinski definition) is 4. The molecule has 0 aliphatic carbocycles. The largest absolute Gasteiger partial charge is 0.480 e.